The molecule has 1 aliphatic heterocycles. The van der Waals surface area contributed by atoms with Crippen molar-refractivity contribution in [2.45, 2.75) is 44.3 Å². The van der Waals surface area contributed by atoms with Crippen molar-refractivity contribution < 1.29 is 27.6 Å². The fraction of sp³-hybridized carbons (Fsp3) is 0.423. The van der Waals surface area contributed by atoms with Gasteiger partial charge in [-0.05, 0) is 55.2 Å². The van der Waals surface area contributed by atoms with Crippen LogP contribution < -0.4 is 21.3 Å². The number of para-hydroxylation sites is 1. The van der Waals surface area contributed by atoms with E-state index in [-0.39, 0.29) is 23.9 Å². The van der Waals surface area contributed by atoms with Gasteiger partial charge in [-0.15, -0.1) is 0 Å². The molecule has 3 amide bonds. The number of nitrogens with one attached hydrogen (secondary N) is 2. The first-order chi connectivity index (χ1) is 17.9. The molecule has 4 rings (SSSR count). The summed E-state index contributed by atoms with van der Waals surface area (Å²) in [6.45, 7) is -0.0532. The molecule has 0 radical (unpaired) electrons. The van der Waals surface area contributed by atoms with Gasteiger partial charge >= 0.3 is 6.18 Å². The summed E-state index contributed by atoms with van der Waals surface area (Å²) in [6, 6.07) is 10.7. The Balaban J connectivity index is 1.63. The Hall–Kier alpha value is -2.98. The van der Waals surface area contributed by atoms with Crippen molar-refractivity contribution in [2.24, 2.45) is 23.5 Å². The number of rotatable bonds is 9. The number of hydrogen-bond acceptors (Lipinski definition) is 4. The number of fused-ring (bicyclic) bond motifs is 1. The molecule has 2 aromatic carbocycles. The van der Waals surface area contributed by atoms with Crippen molar-refractivity contribution in [3.05, 3.63) is 52.5 Å². The predicted molar refractivity (Wildman–Crippen MR) is 139 cm³/mol. The number of nitrogens with zero attached hydrogens (tertiary/aromatic N) is 1. The molecule has 38 heavy (non-hydrogen) atoms. The summed E-state index contributed by atoms with van der Waals surface area (Å²) in [5.41, 5.74) is 7.07. The van der Waals surface area contributed by atoms with Gasteiger partial charge in [-0.2, -0.15) is 13.2 Å². The van der Waals surface area contributed by atoms with Crippen molar-refractivity contribution >= 4 is 58.0 Å². The first-order valence-corrected chi connectivity index (χ1v) is 13.0. The maximum Gasteiger partial charge on any atom is 0.389 e. The molecule has 2 aromatic rings. The molecule has 0 bridgehead atoms. The van der Waals surface area contributed by atoms with Crippen LogP contribution in [0, 0.1) is 17.8 Å². The second-order valence-electron chi connectivity index (χ2n) is 9.72. The Bertz CT molecular complexity index is 1210. The molecule has 0 aromatic heterocycles. The van der Waals surface area contributed by atoms with Crippen LogP contribution in [0.5, 0.6) is 0 Å². The topological polar surface area (TPSA) is 105 Å². The zero-order valence-electron chi connectivity index (χ0n) is 20.2. The minimum absolute atomic E-state index is 0.0532. The van der Waals surface area contributed by atoms with E-state index in [2.05, 4.69) is 10.6 Å². The van der Waals surface area contributed by atoms with Gasteiger partial charge < -0.3 is 21.3 Å². The quantitative estimate of drug-likeness (QED) is 0.374. The van der Waals surface area contributed by atoms with Gasteiger partial charge in [-0.1, -0.05) is 42.1 Å². The summed E-state index contributed by atoms with van der Waals surface area (Å²) < 4.78 is 39.3. The molecule has 3 atom stereocenters. The number of hydrogen-bond donors (Lipinski definition) is 3. The Kier molecular flexibility index (Phi) is 8.42. The first-order valence-electron chi connectivity index (χ1n) is 12.2. The summed E-state index contributed by atoms with van der Waals surface area (Å²) in [5, 5.41) is 6.09. The average Bonchev–Trinajstić information content (AvgIpc) is 3.67. The van der Waals surface area contributed by atoms with Crippen molar-refractivity contribution in [1.82, 2.24) is 5.32 Å². The maximum atomic E-state index is 13.4. The molecular weight excluding hydrogens is 544 g/mol. The minimum atomic E-state index is -4.52. The molecule has 0 spiro atoms. The van der Waals surface area contributed by atoms with Crippen LogP contribution in [0.4, 0.5) is 30.2 Å². The van der Waals surface area contributed by atoms with Gasteiger partial charge in [0.05, 0.1) is 22.9 Å². The number of benzene rings is 2. The SMILES string of the molecule is NC(=O)C(CC1CC1)C(CCC(F)(F)F)C(=O)N[C@H]1CN(c2ccc(Cl)cc2)c2cccc(Cl)c2NC1=O. The molecule has 2 aliphatic rings. The van der Waals surface area contributed by atoms with Gasteiger partial charge in [0.15, 0.2) is 0 Å². The van der Waals surface area contributed by atoms with E-state index >= 15 is 0 Å². The lowest BCUT2D eigenvalue weighted by atomic mass is 9.83. The van der Waals surface area contributed by atoms with Gasteiger partial charge in [0.2, 0.25) is 17.7 Å². The summed E-state index contributed by atoms with van der Waals surface area (Å²) in [7, 11) is 0. The second-order valence-corrected chi connectivity index (χ2v) is 10.6. The third-order valence-corrected chi connectivity index (χ3v) is 7.44. The number of anilines is 3. The van der Waals surface area contributed by atoms with Crippen LogP contribution >= 0.6 is 23.2 Å². The highest BCUT2D eigenvalue weighted by Gasteiger charge is 2.41. The summed E-state index contributed by atoms with van der Waals surface area (Å²) in [5.74, 6) is -4.51. The van der Waals surface area contributed by atoms with E-state index < -0.39 is 54.6 Å². The molecule has 204 valence electrons. The molecule has 4 N–H and O–H groups in total. The van der Waals surface area contributed by atoms with Crippen LogP contribution in [-0.4, -0.2) is 36.5 Å². The lowest BCUT2D eigenvalue weighted by Gasteiger charge is -2.29. The predicted octanol–water partition coefficient (Wildman–Crippen LogP) is 5.43. The molecule has 1 saturated carbocycles. The highest BCUT2D eigenvalue weighted by Crippen LogP contribution is 2.41. The van der Waals surface area contributed by atoms with Crippen molar-refractivity contribution in [2.75, 3.05) is 16.8 Å². The van der Waals surface area contributed by atoms with Gasteiger partial charge in [-0.3, -0.25) is 14.4 Å². The number of alkyl halides is 3. The molecule has 12 heteroatoms. The van der Waals surface area contributed by atoms with E-state index in [0.29, 0.717) is 22.1 Å². The highest BCUT2D eigenvalue weighted by atomic mass is 35.5. The van der Waals surface area contributed by atoms with Gasteiger partial charge in [0, 0.05) is 29.0 Å². The first kappa shape index (κ1) is 28.0. The van der Waals surface area contributed by atoms with Gasteiger partial charge in [0.1, 0.15) is 6.04 Å². The molecule has 2 unspecified atom stereocenters. The zero-order chi connectivity index (χ0) is 27.6. The summed E-state index contributed by atoms with van der Waals surface area (Å²) in [4.78, 5) is 40.7. The summed E-state index contributed by atoms with van der Waals surface area (Å²) in [6.07, 6.45) is -4.50. The van der Waals surface area contributed by atoms with Gasteiger partial charge in [-0.25, -0.2) is 0 Å². The lowest BCUT2D eigenvalue weighted by molar-refractivity contribution is -0.146. The van der Waals surface area contributed by atoms with Crippen LogP contribution in [0.25, 0.3) is 0 Å². The second kappa shape index (κ2) is 11.4. The van der Waals surface area contributed by atoms with Crippen molar-refractivity contribution in [1.29, 1.82) is 0 Å². The Morgan fingerprint density at radius 1 is 1.11 bits per heavy atom. The maximum absolute atomic E-state index is 13.4. The standard InChI is InChI=1S/C26H27Cl2F3N4O3/c27-15-6-8-16(9-7-15)35-13-20(25(38)34-22-19(28)2-1-3-21(22)35)33-24(37)17(10-11-26(29,30)31)18(23(32)36)12-14-4-5-14/h1-3,6-9,14,17-18,20H,4-5,10-13H2,(H2,32,36)(H,33,37)(H,34,38)/t17?,18?,20-/m0/s1. The van der Waals surface area contributed by atoms with Crippen molar-refractivity contribution in [3.63, 3.8) is 0 Å². The highest BCUT2D eigenvalue weighted by molar-refractivity contribution is 6.34. The number of halogens is 5. The van der Waals surface area contributed by atoms with Crippen LogP contribution in [0.15, 0.2) is 42.5 Å². The number of amides is 3. The fourth-order valence-corrected chi connectivity index (χ4v) is 5.06. The van der Waals surface area contributed by atoms with Crippen molar-refractivity contribution in [3.8, 4) is 0 Å². The number of nitrogens with two attached hydrogens (primary N) is 1. The van der Waals surface area contributed by atoms with E-state index in [1.54, 1.807) is 47.4 Å². The molecular formula is C26H27Cl2F3N4O3. The largest absolute Gasteiger partial charge is 0.389 e. The third-order valence-electron chi connectivity index (χ3n) is 6.88. The minimum Gasteiger partial charge on any atom is -0.369 e. The van der Waals surface area contributed by atoms with Crippen LogP contribution in [-0.2, 0) is 14.4 Å². The smallest absolute Gasteiger partial charge is 0.369 e. The molecule has 7 nitrogen and oxygen atoms in total. The molecule has 1 aliphatic carbocycles. The Morgan fingerprint density at radius 2 is 1.79 bits per heavy atom. The van der Waals surface area contributed by atoms with E-state index in [1.807, 2.05) is 0 Å². The Labute approximate surface area is 227 Å². The van der Waals surface area contributed by atoms with E-state index in [4.69, 9.17) is 28.9 Å². The van der Waals surface area contributed by atoms with Crippen LogP contribution in [0.2, 0.25) is 10.0 Å². The number of primary amides is 1. The van der Waals surface area contributed by atoms with E-state index in [0.717, 1.165) is 12.8 Å². The van der Waals surface area contributed by atoms with Gasteiger partial charge in [0.25, 0.3) is 0 Å². The third kappa shape index (κ3) is 6.91. The van der Waals surface area contributed by atoms with Crippen LogP contribution in [0.1, 0.15) is 32.1 Å². The van der Waals surface area contributed by atoms with Crippen LogP contribution in [0.3, 0.4) is 0 Å². The Morgan fingerprint density at radius 3 is 2.39 bits per heavy atom. The lowest BCUT2D eigenvalue weighted by Crippen LogP contribution is -2.52. The molecule has 1 fully saturated rings. The average molecular weight is 571 g/mol. The number of carbonyl (C=O) groups excluding carboxylic acids is 3. The fourth-order valence-electron chi connectivity index (χ4n) is 4.72. The van der Waals surface area contributed by atoms with E-state index in [9.17, 15) is 27.6 Å². The monoisotopic (exact) mass is 570 g/mol. The number of carbonyl (C=O) groups is 3. The summed E-state index contributed by atoms with van der Waals surface area (Å²) >= 11 is 12.4. The zero-order valence-corrected chi connectivity index (χ0v) is 21.7. The molecule has 0 saturated heterocycles. The van der Waals surface area contributed by atoms with E-state index in [1.165, 1.54) is 0 Å². The normalized spacial score (nSPS) is 19.1. The molecule has 1 heterocycles.